The molecule has 0 atom stereocenters. The number of hydrogen-bond donors (Lipinski definition) is 2. The maximum atomic E-state index is 10.6. The predicted octanol–water partition coefficient (Wildman–Crippen LogP) is 2.83. The van der Waals surface area contributed by atoms with Crippen molar-refractivity contribution in [2.75, 3.05) is 12.4 Å². The number of rotatable bonds is 5. The Hall–Kier alpha value is -2.08. The van der Waals surface area contributed by atoms with Crippen molar-refractivity contribution in [1.29, 1.82) is 0 Å². The minimum Gasteiger partial charge on any atom is -0.497 e. The van der Waals surface area contributed by atoms with Crippen LogP contribution in [0, 0.1) is 6.92 Å². The van der Waals surface area contributed by atoms with Crippen molar-refractivity contribution in [3.05, 3.63) is 34.8 Å². The molecular weight excluding hydrogens is 264 g/mol. The van der Waals surface area contributed by atoms with Gasteiger partial charge in [-0.1, -0.05) is 0 Å². The minimum atomic E-state index is -0.877. The zero-order valence-electron chi connectivity index (χ0n) is 10.6. The lowest BCUT2D eigenvalue weighted by Crippen LogP contribution is -2.00. The number of carbonyl (C=O) groups is 1. The molecule has 1 heterocycles. The van der Waals surface area contributed by atoms with Gasteiger partial charge in [0.15, 0.2) is 5.13 Å². The number of nitrogens with zero attached hydrogens (tertiary/aromatic N) is 1. The van der Waals surface area contributed by atoms with Gasteiger partial charge in [0.05, 0.1) is 19.2 Å². The van der Waals surface area contributed by atoms with Crippen LogP contribution >= 0.6 is 11.3 Å². The quantitative estimate of drug-likeness (QED) is 0.880. The van der Waals surface area contributed by atoms with Gasteiger partial charge < -0.3 is 15.2 Å². The number of carboxylic acids is 1. The van der Waals surface area contributed by atoms with Crippen molar-refractivity contribution in [3.8, 4) is 5.75 Å². The molecule has 2 N–H and O–H groups in total. The highest BCUT2D eigenvalue weighted by Crippen LogP contribution is 2.26. The highest BCUT2D eigenvalue weighted by Gasteiger charge is 2.07. The van der Waals surface area contributed by atoms with Gasteiger partial charge in [-0.3, -0.25) is 4.79 Å². The molecule has 0 spiro atoms. The van der Waals surface area contributed by atoms with Gasteiger partial charge in [-0.15, -0.1) is 11.3 Å². The van der Waals surface area contributed by atoms with E-state index in [2.05, 4.69) is 10.3 Å². The Bertz CT molecular complexity index is 595. The van der Waals surface area contributed by atoms with Gasteiger partial charge in [0.2, 0.25) is 0 Å². The molecule has 2 rings (SSSR count). The van der Waals surface area contributed by atoms with E-state index in [9.17, 15) is 4.79 Å². The van der Waals surface area contributed by atoms with E-state index >= 15 is 0 Å². The van der Waals surface area contributed by atoms with E-state index in [1.807, 2.05) is 25.1 Å². The molecule has 2 aromatic rings. The summed E-state index contributed by atoms with van der Waals surface area (Å²) in [7, 11) is 1.63. The number of ether oxygens (including phenoxy) is 1. The summed E-state index contributed by atoms with van der Waals surface area (Å²) in [5.74, 6) is -0.0776. The summed E-state index contributed by atoms with van der Waals surface area (Å²) in [5.41, 5.74) is 2.53. The average Bonchev–Trinajstić information content (AvgIpc) is 2.78. The minimum absolute atomic E-state index is 0.0558. The first-order valence-electron chi connectivity index (χ1n) is 5.66. The van der Waals surface area contributed by atoms with E-state index in [0.717, 1.165) is 17.0 Å². The van der Waals surface area contributed by atoms with Crippen LogP contribution in [-0.2, 0) is 11.2 Å². The summed E-state index contributed by atoms with van der Waals surface area (Å²) in [6, 6.07) is 5.70. The lowest BCUT2D eigenvalue weighted by Gasteiger charge is -2.08. The fourth-order valence-corrected chi connectivity index (χ4v) is 2.34. The molecule has 0 amide bonds. The lowest BCUT2D eigenvalue weighted by molar-refractivity contribution is -0.136. The summed E-state index contributed by atoms with van der Waals surface area (Å²) in [6.45, 7) is 1.97. The number of carboxylic acid groups (broad SMARTS) is 1. The molecular formula is C13H14N2O3S. The van der Waals surface area contributed by atoms with Gasteiger partial charge in [0.25, 0.3) is 0 Å². The number of methoxy groups -OCH3 is 1. The van der Waals surface area contributed by atoms with E-state index in [1.54, 1.807) is 12.5 Å². The first-order chi connectivity index (χ1) is 9.08. The molecule has 1 aromatic carbocycles. The van der Waals surface area contributed by atoms with Gasteiger partial charge in [0, 0.05) is 11.1 Å². The molecule has 0 bridgehead atoms. The molecule has 0 radical (unpaired) electrons. The third-order valence-electron chi connectivity index (χ3n) is 2.56. The summed E-state index contributed by atoms with van der Waals surface area (Å²) in [5, 5.41) is 14.3. The molecule has 0 aliphatic heterocycles. The second-order valence-electron chi connectivity index (χ2n) is 4.02. The summed E-state index contributed by atoms with van der Waals surface area (Å²) >= 11 is 1.39. The van der Waals surface area contributed by atoms with E-state index in [1.165, 1.54) is 11.3 Å². The molecule has 19 heavy (non-hydrogen) atoms. The van der Waals surface area contributed by atoms with E-state index < -0.39 is 5.97 Å². The van der Waals surface area contributed by atoms with Crippen molar-refractivity contribution in [2.45, 2.75) is 13.3 Å². The largest absolute Gasteiger partial charge is 0.497 e. The van der Waals surface area contributed by atoms with Crippen LogP contribution in [0.2, 0.25) is 0 Å². The van der Waals surface area contributed by atoms with Gasteiger partial charge >= 0.3 is 5.97 Å². The normalized spacial score (nSPS) is 10.2. The van der Waals surface area contributed by atoms with E-state index in [4.69, 9.17) is 9.84 Å². The van der Waals surface area contributed by atoms with Gasteiger partial charge in [-0.05, 0) is 30.7 Å². The standard InChI is InChI=1S/C13H14N2O3S/c1-8-5-10(18-2)3-4-11(8)15-13-14-9(7-19-13)6-12(16)17/h3-5,7H,6H2,1-2H3,(H,14,15)(H,16,17). The number of aromatic nitrogens is 1. The monoisotopic (exact) mass is 278 g/mol. The molecule has 6 heteroatoms. The molecule has 0 saturated heterocycles. The predicted molar refractivity (Wildman–Crippen MR) is 74.5 cm³/mol. The number of aliphatic carboxylic acids is 1. The van der Waals surface area contributed by atoms with Crippen molar-refractivity contribution >= 4 is 28.1 Å². The third-order valence-corrected chi connectivity index (χ3v) is 3.37. The van der Waals surface area contributed by atoms with Crippen molar-refractivity contribution < 1.29 is 14.6 Å². The smallest absolute Gasteiger partial charge is 0.309 e. The summed E-state index contributed by atoms with van der Waals surface area (Å²) in [6.07, 6.45) is -0.0558. The highest BCUT2D eigenvalue weighted by molar-refractivity contribution is 7.13. The van der Waals surface area contributed by atoms with Crippen LogP contribution in [0.4, 0.5) is 10.8 Å². The van der Waals surface area contributed by atoms with Crippen LogP contribution in [0.25, 0.3) is 0 Å². The number of thiazole rings is 1. The maximum Gasteiger partial charge on any atom is 0.309 e. The highest BCUT2D eigenvalue weighted by atomic mass is 32.1. The Morgan fingerprint density at radius 3 is 2.95 bits per heavy atom. The topological polar surface area (TPSA) is 71.5 Å². The van der Waals surface area contributed by atoms with Crippen molar-refractivity contribution in [1.82, 2.24) is 4.98 Å². The Balaban J connectivity index is 2.12. The number of nitrogens with one attached hydrogen (secondary N) is 1. The van der Waals surface area contributed by atoms with Crippen LogP contribution < -0.4 is 10.1 Å². The average molecular weight is 278 g/mol. The van der Waals surface area contributed by atoms with Crippen molar-refractivity contribution in [2.24, 2.45) is 0 Å². The second-order valence-corrected chi connectivity index (χ2v) is 4.88. The Kier molecular flexibility index (Phi) is 4.01. The zero-order chi connectivity index (χ0) is 13.8. The molecule has 0 aliphatic rings. The van der Waals surface area contributed by atoms with E-state index in [-0.39, 0.29) is 6.42 Å². The molecule has 100 valence electrons. The van der Waals surface area contributed by atoms with Gasteiger partial charge in [-0.2, -0.15) is 0 Å². The van der Waals surface area contributed by atoms with Gasteiger partial charge in [0.1, 0.15) is 5.75 Å². The van der Waals surface area contributed by atoms with Crippen molar-refractivity contribution in [3.63, 3.8) is 0 Å². The van der Waals surface area contributed by atoms with Crippen LogP contribution in [0.15, 0.2) is 23.6 Å². The molecule has 0 saturated carbocycles. The molecule has 0 unspecified atom stereocenters. The summed E-state index contributed by atoms with van der Waals surface area (Å²) in [4.78, 5) is 14.8. The third kappa shape index (κ3) is 3.45. The molecule has 1 aromatic heterocycles. The number of anilines is 2. The Labute approximate surface area is 114 Å². The first kappa shape index (κ1) is 13.4. The molecule has 5 nitrogen and oxygen atoms in total. The first-order valence-corrected chi connectivity index (χ1v) is 6.54. The Morgan fingerprint density at radius 1 is 1.53 bits per heavy atom. The van der Waals surface area contributed by atoms with Gasteiger partial charge in [-0.25, -0.2) is 4.98 Å². The van der Waals surface area contributed by atoms with Crippen LogP contribution in [0.1, 0.15) is 11.3 Å². The number of aryl methyl sites for hydroxylation is 1. The van der Waals surface area contributed by atoms with Crippen LogP contribution in [0.5, 0.6) is 5.75 Å². The molecule has 0 fully saturated rings. The Morgan fingerprint density at radius 2 is 2.32 bits per heavy atom. The number of hydrogen-bond acceptors (Lipinski definition) is 5. The number of benzene rings is 1. The SMILES string of the molecule is COc1ccc(Nc2nc(CC(=O)O)cs2)c(C)c1. The molecule has 0 aliphatic carbocycles. The maximum absolute atomic E-state index is 10.6. The van der Waals surface area contributed by atoms with Crippen LogP contribution in [-0.4, -0.2) is 23.2 Å². The van der Waals surface area contributed by atoms with E-state index in [0.29, 0.717) is 10.8 Å². The fourth-order valence-electron chi connectivity index (χ4n) is 1.62. The fraction of sp³-hybridized carbons (Fsp3) is 0.231. The van der Waals surface area contributed by atoms with Crippen LogP contribution in [0.3, 0.4) is 0 Å². The second kappa shape index (κ2) is 5.71. The zero-order valence-corrected chi connectivity index (χ0v) is 11.5. The lowest BCUT2D eigenvalue weighted by atomic mass is 10.2. The summed E-state index contributed by atoms with van der Waals surface area (Å²) < 4.78 is 5.14.